The Morgan fingerprint density at radius 1 is 1.21 bits per heavy atom. The van der Waals surface area contributed by atoms with Crippen molar-refractivity contribution in [3.63, 3.8) is 0 Å². The first-order valence-electron chi connectivity index (χ1n) is 9.32. The van der Waals surface area contributed by atoms with Gasteiger partial charge in [0.2, 0.25) is 0 Å². The van der Waals surface area contributed by atoms with Gasteiger partial charge in [-0.1, -0.05) is 39.0 Å². The second-order valence-corrected chi connectivity index (χ2v) is 7.01. The molecule has 0 saturated heterocycles. The molecule has 3 nitrogen and oxygen atoms in total. The molecule has 0 aliphatic heterocycles. The van der Waals surface area contributed by atoms with E-state index in [4.69, 9.17) is 5.73 Å². The van der Waals surface area contributed by atoms with Crippen LogP contribution in [-0.4, -0.2) is 18.4 Å². The molecule has 1 saturated carbocycles. The third-order valence-corrected chi connectivity index (χ3v) is 5.15. The highest BCUT2D eigenvalue weighted by Crippen LogP contribution is 2.37. The lowest BCUT2D eigenvalue weighted by atomic mass is 9.86. The van der Waals surface area contributed by atoms with Crippen molar-refractivity contribution in [1.82, 2.24) is 0 Å². The molecule has 2 N–H and O–H groups in total. The Balaban J connectivity index is 2.55. The van der Waals surface area contributed by atoms with Gasteiger partial charge in [-0.2, -0.15) is 0 Å². The molecule has 0 amide bonds. The summed E-state index contributed by atoms with van der Waals surface area (Å²) in [4.78, 5) is 14.2. The normalized spacial score (nSPS) is 16.3. The van der Waals surface area contributed by atoms with Gasteiger partial charge >= 0.3 is 0 Å². The number of hydrogen-bond donors (Lipinski definition) is 1. The third-order valence-electron chi connectivity index (χ3n) is 5.15. The van der Waals surface area contributed by atoms with Crippen LogP contribution in [0.15, 0.2) is 35.5 Å². The summed E-state index contributed by atoms with van der Waals surface area (Å²) in [5.41, 5.74) is 11.6. The van der Waals surface area contributed by atoms with Crippen LogP contribution in [-0.2, 0) is 4.79 Å². The zero-order chi connectivity index (χ0) is 17.7. The van der Waals surface area contributed by atoms with Gasteiger partial charge in [0.1, 0.15) is 5.78 Å². The number of Topliss-reactive ketones (excluding diaryl/α,β-unsaturated/α-hetero) is 1. The molecule has 1 aliphatic carbocycles. The SMILES string of the molecule is CCC(N)C(=C1CCC1)N(CC(C)=O)c1ccccc1C(C)CC. The number of nitrogens with two attached hydrogens (primary N) is 1. The summed E-state index contributed by atoms with van der Waals surface area (Å²) in [5.74, 6) is 0.635. The number of rotatable bonds is 8. The van der Waals surface area contributed by atoms with Crippen LogP contribution in [0.1, 0.15) is 71.3 Å². The van der Waals surface area contributed by atoms with Crippen molar-refractivity contribution in [1.29, 1.82) is 0 Å². The maximum atomic E-state index is 12.0. The molecule has 2 rings (SSSR count). The van der Waals surface area contributed by atoms with Crippen LogP contribution in [0.5, 0.6) is 0 Å². The predicted octanol–water partition coefficient (Wildman–Crippen LogP) is 4.77. The quantitative estimate of drug-likeness (QED) is 0.747. The second kappa shape index (κ2) is 8.48. The maximum Gasteiger partial charge on any atom is 0.149 e. The molecule has 0 spiro atoms. The zero-order valence-corrected chi connectivity index (χ0v) is 15.6. The number of allylic oxidation sites excluding steroid dienone is 1. The minimum absolute atomic E-state index is 0.00959. The number of benzene rings is 1. The summed E-state index contributed by atoms with van der Waals surface area (Å²) in [5, 5.41) is 0. The van der Waals surface area contributed by atoms with Crippen LogP contribution in [0.2, 0.25) is 0 Å². The Morgan fingerprint density at radius 2 is 1.88 bits per heavy atom. The molecule has 1 fully saturated rings. The van der Waals surface area contributed by atoms with E-state index < -0.39 is 0 Å². The third kappa shape index (κ3) is 4.07. The minimum Gasteiger partial charge on any atom is -0.336 e. The number of carbonyl (C=O) groups excluding carboxylic acids is 1. The highest BCUT2D eigenvalue weighted by molar-refractivity contribution is 5.83. The molecule has 132 valence electrons. The first-order valence-corrected chi connectivity index (χ1v) is 9.32. The monoisotopic (exact) mass is 328 g/mol. The van der Waals surface area contributed by atoms with Crippen LogP contribution >= 0.6 is 0 Å². The fourth-order valence-corrected chi connectivity index (χ4v) is 3.35. The number of ketones is 1. The first kappa shape index (κ1) is 18.7. The Kier molecular flexibility index (Phi) is 6.61. The van der Waals surface area contributed by atoms with Crippen molar-refractivity contribution in [3.05, 3.63) is 41.1 Å². The minimum atomic E-state index is -0.00959. The van der Waals surface area contributed by atoms with Crippen LogP contribution < -0.4 is 10.6 Å². The van der Waals surface area contributed by atoms with Gasteiger partial charge in [-0.05, 0) is 62.1 Å². The van der Waals surface area contributed by atoms with Gasteiger partial charge in [0.25, 0.3) is 0 Å². The lowest BCUT2D eigenvalue weighted by molar-refractivity contribution is -0.115. The topological polar surface area (TPSA) is 46.3 Å². The molecule has 0 bridgehead atoms. The standard InChI is InChI=1S/C21H32N2O/c1-5-15(3)18-12-7-8-13-20(18)23(14-16(4)24)21(19(22)6-2)17-10-9-11-17/h7-8,12-13,15,19H,5-6,9-11,14,22H2,1-4H3. The molecule has 1 aromatic rings. The Morgan fingerprint density at radius 3 is 2.38 bits per heavy atom. The highest BCUT2D eigenvalue weighted by atomic mass is 16.1. The molecule has 1 aromatic carbocycles. The average molecular weight is 329 g/mol. The Hall–Kier alpha value is -1.61. The van der Waals surface area contributed by atoms with Crippen LogP contribution in [0.3, 0.4) is 0 Å². The lowest BCUT2D eigenvalue weighted by Gasteiger charge is -2.37. The van der Waals surface area contributed by atoms with Crippen molar-refractivity contribution < 1.29 is 4.79 Å². The van der Waals surface area contributed by atoms with Gasteiger partial charge in [0, 0.05) is 17.4 Å². The van der Waals surface area contributed by atoms with Crippen molar-refractivity contribution in [3.8, 4) is 0 Å². The van der Waals surface area contributed by atoms with E-state index in [-0.39, 0.29) is 11.8 Å². The van der Waals surface area contributed by atoms with Gasteiger partial charge in [0.15, 0.2) is 0 Å². The Bertz CT molecular complexity index is 600. The summed E-state index contributed by atoms with van der Waals surface area (Å²) in [6.07, 6.45) is 5.43. The predicted molar refractivity (Wildman–Crippen MR) is 102 cm³/mol. The van der Waals surface area contributed by atoms with Crippen LogP contribution in [0.4, 0.5) is 5.69 Å². The van der Waals surface area contributed by atoms with Crippen molar-refractivity contribution in [2.75, 3.05) is 11.4 Å². The van der Waals surface area contributed by atoms with E-state index in [9.17, 15) is 4.79 Å². The molecule has 3 heteroatoms. The van der Waals surface area contributed by atoms with Crippen LogP contribution in [0.25, 0.3) is 0 Å². The number of carbonyl (C=O) groups is 1. The van der Waals surface area contributed by atoms with Crippen molar-refractivity contribution in [2.45, 2.75) is 71.8 Å². The molecular weight excluding hydrogens is 296 g/mol. The molecule has 2 atom stereocenters. The molecule has 0 heterocycles. The van der Waals surface area contributed by atoms with Crippen molar-refractivity contribution in [2.24, 2.45) is 5.73 Å². The van der Waals surface area contributed by atoms with Gasteiger partial charge in [-0.25, -0.2) is 0 Å². The van der Waals surface area contributed by atoms with Crippen molar-refractivity contribution >= 4 is 11.5 Å². The number of hydrogen-bond acceptors (Lipinski definition) is 3. The zero-order valence-electron chi connectivity index (χ0n) is 15.6. The van der Waals surface area contributed by atoms with Gasteiger partial charge < -0.3 is 10.6 Å². The molecule has 1 aliphatic rings. The fourth-order valence-electron chi connectivity index (χ4n) is 3.35. The van der Waals surface area contributed by atoms with E-state index in [0.29, 0.717) is 12.5 Å². The average Bonchev–Trinajstić information content (AvgIpc) is 2.54. The first-order chi connectivity index (χ1) is 11.5. The lowest BCUT2D eigenvalue weighted by Crippen LogP contribution is -2.40. The van der Waals surface area contributed by atoms with E-state index in [1.165, 1.54) is 23.3 Å². The number of para-hydroxylation sites is 1. The van der Waals surface area contributed by atoms with E-state index in [1.54, 1.807) is 6.92 Å². The summed E-state index contributed by atoms with van der Waals surface area (Å²) >= 11 is 0. The molecular formula is C21H32N2O. The van der Waals surface area contributed by atoms with E-state index in [1.807, 2.05) is 0 Å². The van der Waals surface area contributed by atoms with Crippen LogP contribution in [0, 0.1) is 0 Å². The van der Waals surface area contributed by atoms with E-state index >= 15 is 0 Å². The summed E-state index contributed by atoms with van der Waals surface area (Å²) < 4.78 is 0. The van der Waals surface area contributed by atoms with E-state index in [0.717, 1.165) is 31.4 Å². The summed E-state index contributed by atoms with van der Waals surface area (Å²) in [7, 11) is 0. The molecule has 24 heavy (non-hydrogen) atoms. The van der Waals surface area contributed by atoms with Gasteiger partial charge in [-0.15, -0.1) is 0 Å². The smallest absolute Gasteiger partial charge is 0.149 e. The van der Waals surface area contributed by atoms with Gasteiger partial charge in [-0.3, -0.25) is 4.79 Å². The number of anilines is 1. The molecule has 0 radical (unpaired) electrons. The summed E-state index contributed by atoms with van der Waals surface area (Å²) in [6.45, 7) is 8.65. The maximum absolute atomic E-state index is 12.0. The highest BCUT2D eigenvalue weighted by Gasteiger charge is 2.27. The molecule has 0 aromatic heterocycles. The number of nitrogens with zero attached hydrogens (tertiary/aromatic N) is 1. The second-order valence-electron chi connectivity index (χ2n) is 7.01. The largest absolute Gasteiger partial charge is 0.336 e. The Labute approximate surface area is 146 Å². The molecule has 2 unspecified atom stereocenters. The summed E-state index contributed by atoms with van der Waals surface area (Å²) in [6, 6.07) is 8.48. The fraction of sp³-hybridized carbons (Fsp3) is 0.571. The van der Waals surface area contributed by atoms with E-state index in [2.05, 4.69) is 49.9 Å². The van der Waals surface area contributed by atoms with Gasteiger partial charge in [0.05, 0.1) is 6.54 Å².